The van der Waals surface area contributed by atoms with Crippen molar-refractivity contribution >= 4 is 27.7 Å². The van der Waals surface area contributed by atoms with E-state index in [4.69, 9.17) is 0 Å². The predicted octanol–water partition coefficient (Wildman–Crippen LogP) is 4.43. The first-order valence-electron chi connectivity index (χ1n) is 4.89. The number of aryl methyl sites for hydroxylation is 2. The summed E-state index contributed by atoms with van der Waals surface area (Å²) in [7, 11) is 0. The van der Waals surface area contributed by atoms with Gasteiger partial charge in [0.2, 0.25) is 0 Å². The third-order valence-corrected chi connectivity index (χ3v) is 4.70. The van der Waals surface area contributed by atoms with Crippen molar-refractivity contribution in [1.29, 1.82) is 0 Å². The van der Waals surface area contributed by atoms with Gasteiger partial charge in [0.05, 0.1) is 0 Å². The van der Waals surface area contributed by atoms with Gasteiger partial charge in [0.1, 0.15) is 0 Å². The number of thioether (sulfide) groups is 1. The topological polar surface area (TPSA) is 0 Å². The molecular formula is C12H17BrS. The van der Waals surface area contributed by atoms with Gasteiger partial charge < -0.3 is 0 Å². The monoisotopic (exact) mass is 272 g/mol. The molecule has 0 saturated heterocycles. The molecule has 0 heterocycles. The van der Waals surface area contributed by atoms with Crippen LogP contribution in [0.1, 0.15) is 18.1 Å². The summed E-state index contributed by atoms with van der Waals surface area (Å²) in [6, 6.07) is 6.70. The van der Waals surface area contributed by atoms with Gasteiger partial charge >= 0.3 is 0 Å². The van der Waals surface area contributed by atoms with Gasteiger partial charge in [-0.2, -0.15) is 0 Å². The predicted molar refractivity (Wildman–Crippen MR) is 69.6 cm³/mol. The fraction of sp³-hybridized carbons (Fsp3) is 0.500. The summed E-state index contributed by atoms with van der Waals surface area (Å²) in [6.45, 7) is 6.60. The summed E-state index contributed by atoms with van der Waals surface area (Å²) in [4.78, 5) is 1.39. The first kappa shape index (κ1) is 12.1. The maximum Gasteiger partial charge on any atom is 0.00748 e. The zero-order chi connectivity index (χ0) is 10.6. The highest BCUT2D eigenvalue weighted by molar-refractivity contribution is 9.09. The molecule has 14 heavy (non-hydrogen) atoms. The second-order valence-corrected chi connectivity index (χ2v) is 5.56. The van der Waals surface area contributed by atoms with E-state index in [0.29, 0.717) is 0 Å². The lowest BCUT2D eigenvalue weighted by Gasteiger charge is -2.08. The van der Waals surface area contributed by atoms with Crippen molar-refractivity contribution < 1.29 is 0 Å². The maximum absolute atomic E-state index is 3.50. The Balaban J connectivity index is 2.55. The van der Waals surface area contributed by atoms with E-state index in [2.05, 4.69) is 54.9 Å². The first-order chi connectivity index (χ1) is 6.63. The minimum absolute atomic E-state index is 0.738. The molecule has 78 valence electrons. The van der Waals surface area contributed by atoms with Crippen molar-refractivity contribution in [1.82, 2.24) is 0 Å². The van der Waals surface area contributed by atoms with Crippen LogP contribution in [0.25, 0.3) is 0 Å². The molecule has 0 aliphatic heterocycles. The largest absolute Gasteiger partial charge is 0.126 e. The summed E-state index contributed by atoms with van der Waals surface area (Å²) in [5.41, 5.74) is 2.77. The Kier molecular flexibility index (Phi) is 5.04. The molecule has 0 N–H and O–H groups in total. The van der Waals surface area contributed by atoms with Gasteiger partial charge in [-0.3, -0.25) is 0 Å². The molecule has 0 amide bonds. The van der Waals surface area contributed by atoms with Crippen LogP contribution in [0.3, 0.4) is 0 Å². The lowest BCUT2D eigenvalue weighted by molar-refractivity contribution is 0.770. The average molecular weight is 273 g/mol. The van der Waals surface area contributed by atoms with Gasteiger partial charge in [-0.05, 0) is 43.0 Å². The van der Waals surface area contributed by atoms with Gasteiger partial charge in [-0.15, -0.1) is 11.8 Å². The lowest BCUT2D eigenvalue weighted by Crippen LogP contribution is -1.98. The van der Waals surface area contributed by atoms with Crippen LogP contribution in [-0.4, -0.2) is 11.1 Å². The lowest BCUT2D eigenvalue weighted by atomic mass is 10.1. The molecule has 0 saturated carbocycles. The second kappa shape index (κ2) is 5.82. The summed E-state index contributed by atoms with van der Waals surface area (Å²) in [5.74, 6) is 1.93. The molecule has 0 spiro atoms. The third kappa shape index (κ3) is 3.66. The summed E-state index contributed by atoms with van der Waals surface area (Å²) >= 11 is 5.45. The molecule has 0 nitrogen and oxygen atoms in total. The molecule has 0 fully saturated rings. The molecule has 2 heteroatoms. The number of halogens is 1. The number of hydrogen-bond acceptors (Lipinski definition) is 1. The summed E-state index contributed by atoms with van der Waals surface area (Å²) in [5, 5.41) is 1.09. The Labute approximate surface area is 99.6 Å². The van der Waals surface area contributed by atoms with E-state index in [0.717, 1.165) is 11.2 Å². The molecule has 0 bridgehead atoms. The van der Waals surface area contributed by atoms with Gasteiger partial charge in [-0.1, -0.05) is 28.9 Å². The number of hydrogen-bond donors (Lipinski definition) is 0. The maximum atomic E-state index is 3.50. The van der Waals surface area contributed by atoms with Crippen molar-refractivity contribution in [3.8, 4) is 0 Å². The SMILES string of the molecule is Cc1ccc(SCC(C)CBr)cc1C. The highest BCUT2D eigenvalue weighted by Crippen LogP contribution is 2.23. The normalized spacial score (nSPS) is 12.9. The van der Waals surface area contributed by atoms with Crippen LogP contribution in [0.5, 0.6) is 0 Å². The summed E-state index contributed by atoms with van der Waals surface area (Å²) in [6.07, 6.45) is 0. The van der Waals surface area contributed by atoms with Crippen molar-refractivity contribution in [2.24, 2.45) is 5.92 Å². The van der Waals surface area contributed by atoms with E-state index in [1.165, 1.54) is 21.8 Å². The van der Waals surface area contributed by atoms with Crippen LogP contribution in [0.15, 0.2) is 23.1 Å². The van der Waals surface area contributed by atoms with E-state index in [1.807, 2.05) is 11.8 Å². The standard InChI is InChI=1S/C12H17BrS/c1-9(7-13)8-14-12-5-4-10(2)11(3)6-12/h4-6,9H,7-8H2,1-3H3. The Bertz CT molecular complexity index is 296. The van der Waals surface area contributed by atoms with Crippen LogP contribution in [-0.2, 0) is 0 Å². The minimum atomic E-state index is 0.738. The highest BCUT2D eigenvalue weighted by atomic mass is 79.9. The molecule has 1 rings (SSSR count). The van der Waals surface area contributed by atoms with Crippen LogP contribution >= 0.6 is 27.7 Å². The molecule has 1 unspecified atom stereocenters. The highest BCUT2D eigenvalue weighted by Gasteiger charge is 2.02. The molecule has 1 aromatic rings. The number of benzene rings is 1. The van der Waals surface area contributed by atoms with Crippen molar-refractivity contribution in [3.63, 3.8) is 0 Å². The van der Waals surface area contributed by atoms with E-state index < -0.39 is 0 Å². The van der Waals surface area contributed by atoms with Gasteiger partial charge in [0, 0.05) is 16.0 Å². The van der Waals surface area contributed by atoms with Gasteiger partial charge in [0.25, 0.3) is 0 Å². The summed E-state index contributed by atoms with van der Waals surface area (Å²) < 4.78 is 0. The quantitative estimate of drug-likeness (QED) is 0.577. The smallest absolute Gasteiger partial charge is 0.00748 e. The Morgan fingerprint density at radius 1 is 1.29 bits per heavy atom. The van der Waals surface area contributed by atoms with E-state index >= 15 is 0 Å². The molecule has 0 aliphatic carbocycles. The number of alkyl halides is 1. The van der Waals surface area contributed by atoms with E-state index in [1.54, 1.807) is 0 Å². The zero-order valence-electron chi connectivity index (χ0n) is 9.01. The van der Waals surface area contributed by atoms with Crippen LogP contribution in [0, 0.1) is 19.8 Å². The Hall–Kier alpha value is 0.0500. The fourth-order valence-electron chi connectivity index (χ4n) is 1.09. The first-order valence-corrected chi connectivity index (χ1v) is 7.00. The van der Waals surface area contributed by atoms with Gasteiger partial charge in [0.15, 0.2) is 0 Å². The number of rotatable bonds is 4. The third-order valence-electron chi connectivity index (χ3n) is 2.28. The Morgan fingerprint density at radius 3 is 2.57 bits per heavy atom. The Morgan fingerprint density at radius 2 is 2.00 bits per heavy atom. The van der Waals surface area contributed by atoms with Gasteiger partial charge in [-0.25, -0.2) is 0 Å². The molecule has 0 radical (unpaired) electrons. The van der Waals surface area contributed by atoms with Crippen molar-refractivity contribution in [3.05, 3.63) is 29.3 Å². The molecule has 1 aromatic carbocycles. The average Bonchev–Trinajstić information content (AvgIpc) is 2.19. The van der Waals surface area contributed by atoms with Crippen LogP contribution in [0.2, 0.25) is 0 Å². The zero-order valence-corrected chi connectivity index (χ0v) is 11.4. The molecular weight excluding hydrogens is 256 g/mol. The van der Waals surface area contributed by atoms with Crippen molar-refractivity contribution in [2.45, 2.75) is 25.7 Å². The molecule has 0 aliphatic rings. The van der Waals surface area contributed by atoms with Crippen molar-refractivity contribution in [2.75, 3.05) is 11.1 Å². The van der Waals surface area contributed by atoms with E-state index in [9.17, 15) is 0 Å². The fourth-order valence-corrected chi connectivity index (χ4v) is 2.64. The molecule has 0 aromatic heterocycles. The van der Waals surface area contributed by atoms with Crippen LogP contribution in [0.4, 0.5) is 0 Å². The minimum Gasteiger partial charge on any atom is -0.126 e. The van der Waals surface area contributed by atoms with E-state index in [-0.39, 0.29) is 0 Å². The molecule has 1 atom stereocenters. The van der Waals surface area contributed by atoms with Crippen LogP contribution < -0.4 is 0 Å². The second-order valence-electron chi connectivity index (χ2n) is 3.82.